The van der Waals surface area contributed by atoms with Gasteiger partial charge in [0.05, 0.1) is 13.2 Å². The lowest BCUT2D eigenvalue weighted by Gasteiger charge is -2.20. The Labute approximate surface area is 173 Å². The average Bonchev–Trinajstić information content (AvgIpc) is 2.73. The van der Waals surface area contributed by atoms with Crippen LogP contribution >= 0.6 is 0 Å². The number of alkyl carbamates (subject to hydrolysis) is 1. The van der Waals surface area contributed by atoms with E-state index < -0.39 is 6.09 Å². The van der Waals surface area contributed by atoms with Crippen LogP contribution in [0.5, 0.6) is 0 Å². The SMILES string of the molecule is C=C/C(C)=C\C=C(/C)c1c(C(=O)NCCO)cccc1C(C)COC(=O)NCC. The fourth-order valence-corrected chi connectivity index (χ4v) is 2.77. The van der Waals surface area contributed by atoms with E-state index in [9.17, 15) is 9.59 Å². The number of hydrogen-bond acceptors (Lipinski definition) is 4. The summed E-state index contributed by atoms with van der Waals surface area (Å²) in [6.45, 7) is 12.1. The van der Waals surface area contributed by atoms with Gasteiger partial charge in [-0.2, -0.15) is 0 Å². The minimum absolute atomic E-state index is 0.119. The summed E-state index contributed by atoms with van der Waals surface area (Å²) < 4.78 is 5.29. The molecule has 0 spiro atoms. The van der Waals surface area contributed by atoms with Crippen molar-refractivity contribution in [3.63, 3.8) is 0 Å². The Morgan fingerprint density at radius 2 is 1.97 bits per heavy atom. The molecule has 0 aliphatic rings. The van der Waals surface area contributed by atoms with E-state index in [0.717, 1.165) is 22.3 Å². The van der Waals surface area contributed by atoms with Gasteiger partial charge in [-0.25, -0.2) is 4.79 Å². The van der Waals surface area contributed by atoms with Gasteiger partial charge in [0, 0.05) is 24.6 Å². The molecule has 6 heteroatoms. The Hall–Kier alpha value is -2.86. The molecule has 0 bridgehead atoms. The predicted octanol–water partition coefficient (Wildman–Crippen LogP) is 3.79. The molecule has 0 aliphatic heterocycles. The second kappa shape index (κ2) is 12.6. The summed E-state index contributed by atoms with van der Waals surface area (Å²) in [6.07, 6.45) is 5.17. The summed E-state index contributed by atoms with van der Waals surface area (Å²) in [6, 6.07) is 5.50. The van der Waals surface area contributed by atoms with Crippen LogP contribution in [0.25, 0.3) is 5.57 Å². The van der Waals surface area contributed by atoms with Crippen LogP contribution < -0.4 is 10.6 Å². The minimum atomic E-state index is -0.463. The lowest BCUT2D eigenvalue weighted by Crippen LogP contribution is -2.28. The van der Waals surface area contributed by atoms with E-state index in [2.05, 4.69) is 17.2 Å². The summed E-state index contributed by atoms with van der Waals surface area (Å²) >= 11 is 0. The third-order valence-electron chi connectivity index (χ3n) is 4.37. The number of ether oxygens (including phenoxy) is 1. The number of rotatable bonds is 10. The lowest BCUT2D eigenvalue weighted by molar-refractivity contribution is 0.0944. The molecule has 0 saturated carbocycles. The van der Waals surface area contributed by atoms with Crippen LogP contribution in [0.4, 0.5) is 4.79 Å². The minimum Gasteiger partial charge on any atom is -0.449 e. The quantitative estimate of drug-likeness (QED) is 0.522. The molecule has 1 rings (SSSR count). The van der Waals surface area contributed by atoms with Gasteiger partial charge in [-0.15, -0.1) is 0 Å². The van der Waals surface area contributed by atoms with Crippen LogP contribution in [0, 0.1) is 0 Å². The number of carbonyl (C=O) groups excluding carboxylic acids is 2. The molecule has 0 aromatic heterocycles. The van der Waals surface area contributed by atoms with Crippen LogP contribution in [-0.2, 0) is 4.74 Å². The molecule has 0 fully saturated rings. The van der Waals surface area contributed by atoms with Crippen molar-refractivity contribution in [2.75, 3.05) is 26.3 Å². The predicted molar refractivity (Wildman–Crippen MR) is 117 cm³/mol. The summed E-state index contributed by atoms with van der Waals surface area (Å²) in [4.78, 5) is 24.3. The third kappa shape index (κ3) is 7.58. The zero-order chi connectivity index (χ0) is 21.8. The van der Waals surface area contributed by atoms with Crippen LogP contribution in [0.15, 0.2) is 48.6 Å². The number of carbonyl (C=O) groups is 2. The number of hydrogen-bond donors (Lipinski definition) is 3. The second-order valence-electron chi connectivity index (χ2n) is 6.74. The average molecular weight is 401 g/mol. The van der Waals surface area contributed by atoms with Crippen molar-refractivity contribution in [1.29, 1.82) is 0 Å². The van der Waals surface area contributed by atoms with Gasteiger partial charge in [-0.3, -0.25) is 4.79 Å². The molecule has 0 aliphatic carbocycles. The maximum absolute atomic E-state index is 12.7. The highest BCUT2D eigenvalue weighted by Crippen LogP contribution is 2.30. The molecule has 158 valence electrons. The Balaban J connectivity index is 3.34. The summed E-state index contributed by atoms with van der Waals surface area (Å²) in [7, 11) is 0. The van der Waals surface area contributed by atoms with Crippen LogP contribution in [0.2, 0.25) is 0 Å². The monoisotopic (exact) mass is 400 g/mol. The number of nitrogens with one attached hydrogen (secondary N) is 2. The Morgan fingerprint density at radius 3 is 2.59 bits per heavy atom. The first-order valence-corrected chi connectivity index (χ1v) is 9.76. The molecule has 3 N–H and O–H groups in total. The summed E-state index contributed by atoms with van der Waals surface area (Å²) in [5.41, 5.74) is 4.12. The van der Waals surface area contributed by atoms with E-state index in [1.807, 2.05) is 52.0 Å². The van der Waals surface area contributed by atoms with Gasteiger partial charge < -0.3 is 20.5 Å². The van der Waals surface area contributed by atoms with Gasteiger partial charge in [0.25, 0.3) is 5.91 Å². The van der Waals surface area contributed by atoms with E-state index in [4.69, 9.17) is 9.84 Å². The fourth-order valence-electron chi connectivity index (χ4n) is 2.77. The number of benzene rings is 1. The van der Waals surface area contributed by atoms with E-state index >= 15 is 0 Å². The molecule has 1 aromatic carbocycles. The van der Waals surface area contributed by atoms with Crippen molar-refractivity contribution >= 4 is 17.6 Å². The van der Waals surface area contributed by atoms with E-state index in [1.54, 1.807) is 12.1 Å². The zero-order valence-corrected chi connectivity index (χ0v) is 17.7. The van der Waals surface area contributed by atoms with E-state index in [1.165, 1.54) is 0 Å². The van der Waals surface area contributed by atoms with Gasteiger partial charge in [0.1, 0.15) is 0 Å². The lowest BCUT2D eigenvalue weighted by atomic mass is 9.88. The molecular weight excluding hydrogens is 368 g/mol. The molecule has 1 atom stereocenters. The molecule has 29 heavy (non-hydrogen) atoms. The summed E-state index contributed by atoms with van der Waals surface area (Å²) in [5, 5.41) is 14.3. The van der Waals surface area contributed by atoms with Crippen molar-refractivity contribution in [2.45, 2.75) is 33.6 Å². The Morgan fingerprint density at radius 1 is 1.24 bits per heavy atom. The maximum Gasteiger partial charge on any atom is 0.407 e. The topological polar surface area (TPSA) is 87.7 Å². The normalized spacial score (nSPS) is 12.9. The van der Waals surface area contributed by atoms with Gasteiger partial charge in [-0.05, 0) is 43.5 Å². The Kier molecular flexibility index (Phi) is 10.5. The van der Waals surface area contributed by atoms with E-state index in [0.29, 0.717) is 12.1 Å². The fraction of sp³-hybridized carbons (Fsp3) is 0.391. The number of allylic oxidation sites excluding steroid dienone is 5. The smallest absolute Gasteiger partial charge is 0.407 e. The van der Waals surface area contributed by atoms with Crippen molar-refractivity contribution in [3.05, 3.63) is 65.3 Å². The van der Waals surface area contributed by atoms with Crippen LogP contribution in [-0.4, -0.2) is 43.4 Å². The summed E-state index contributed by atoms with van der Waals surface area (Å²) in [5.74, 6) is -0.379. The Bertz CT molecular complexity index is 781. The highest BCUT2D eigenvalue weighted by molar-refractivity contribution is 5.99. The van der Waals surface area contributed by atoms with Crippen molar-refractivity contribution in [2.24, 2.45) is 0 Å². The zero-order valence-electron chi connectivity index (χ0n) is 17.7. The molecule has 1 aromatic rings. The molecule has 0 radical (unpaired) electrons. The number of aliphatic hydroxyl groups excluding tert-OH is 1. The molecular formula is C23H32N2O4. The van der Waals surface area contributed by atoms with Gasteiger partial charge in [-0.1, -0.05) is 49.4 Å². The van der Waals surface area contributed by atoms with Crippen LogP contribution in [0.3, 0.4) is 0 Å². The number of amides is 2. The molecule has 0 heterocycles. The van der Waals surface area contributed by atoms with Gasteiger partial charge in [0.2, 0.25) is 0 Å². The first-order valence-electron chi connectivity index (χ1n) is 9.76. The largest absolute Gasteiger partial charge is 0.449 e. The first kappa shape index (κ1) is 24.2. The molecule has 6 nitrogen and oxygen atoms in total. The van der Waals surface area contributed by atoms with Crippen molar-refractivity contribution < 1.29 is 19.4 Å². The third-order valence-corrected chi connectivity index (χ3v) is 4.37. The van der Waals surface area contributed by atoms with Gasteiger partial charge in [0.15, 0.2) is 0 Å². The number of aliphatic hydroxyl groups is 1. The highest BCUT2D eigenvalue weighted by Gasteiger charge is 2.20. The standard InChI is InChI=1S/C23H32N2O4/c1-6-16(3)11-12-17(4)21-19(18(5)15-29-23(28)24-7-2)9-8-10-20(21)22(27)25-13-14-26/h6,8-12,18,26H,1,7,13-15H2,2-5H3,(H,24,28)(H,25,27)/b16-11-,17-12+. The maximum atomic E-state index is 12.7. The van der Waals surface area contributed by atoms with Crippen LogP contribution in [0.1, 0.15) is 55.1 Å². The second-order valence-corrected chi connectivity index (χ2v) is 6.74. The molecule has 2 amide bonds. The van der Waals surface area contributed by atoms with Crippen molar-refractivity contribution in [3.8, 4) is 0 Å². The first-order chi connectivity index (χ1) is 13.8. The van der Waals surface area contributed by atoms with E-state index in [-0.39, 0.29) is 31.6 Å². The molecule has 1 unspecified atom stereocenters. The van der Waals surface area contributed by atoms with Crippen molar-refractivity contribution in [1.82, 2.24) is 10.6 Å². The van der Waals surface area contributed by atoms with Gasteiger partial charge >= 0.3 is 6.09 Å². The molecule has 0 saturated heterocycles. The highest BCUT2D eigenvalue weighted by atomic mass is 16.5.